The van der Waals surface area contributed by atoms with Crippen LogP contribution in [0, 0.1) is 12.7 Å². The molecule has 9 heteroatoms. The Labute approximate surface area is 145 Å². The third-order valence-corrected chi connectivity index (χ3v) is 5.13. The number of benzene rings is 1. The summed E-state index contributed by atoms with van der Waals surface area (Å²) in [7, 11) is -2.31. The summed E-state index contributed by atoms with van der Waals surface area (Å²) < 4.78 is 41.4. The van der Waals surface area contributed by atoms with Gasteiger partial charge in [-0.05, 0) is 43.7 Å². The molecule has 1 amide bonds. The van der Waals surface area contributed by atoms with E-state index < -0.39 is 22.0 Å². The van der Waals surface area contributed by atoms with Crippen LogP contribution in [0.3, 0.4) is 0 Å². The van der Waals surface area contributed by atoms with Gasteiger partial charge in [0.1, 0.15) is 16.4 Å². The molecular formula is C16H20FN3O4S. The van der Waals surface area contributed by atoms with E-state index in [1.54, 1.807) is 14.0 Å². The highest BCUT2D eigenvalue weighted by molar-refractivity contribution is 7.89. The minimum Gasteiger partial charge on any atom is -0.395 e. The molecule has 1 aromatic carbocycles. The SMILES string of the molecule is Cc1cc(NC(=O)c2cc(S(=O)(=O)NC(C)CO)cn2C)ccc1F. The maximum atomic E-state index is 13.3. The molecule has 7 nitrogen and oxygen atoms in total. The second-order valence-electron chi connectivity index (χ2n) is 5.79. The molecule has 0 aliphatic rings. The molecule has 1 heterocycles. The van der Waals surface area contributed by atoms with Crippen LogP contribution in [0.25, 0.3) is 0 Å². The molecule has 0 bridgehead atoms. The minimum atomic E-state index is -3.85. The quantitative estimate of drug-likeness (QED) is 0.716. The van der Waals surface area contributed by atoms with E-state index in [4.69, 9.17) is 5.11 Å². The number of aryl methyl sites for hydroxylation is 2. The van der Waals surface area contributed by atoms with Crippen LogP contribution in [0.4, 0.5) is 10.1 Å². The van der Waals surface area contributed by atoms with Crippen molar-refractivity contribution in [3.63, 3.8) is 0 Å². The fourth-order valence-corrected chi connectivity index (χ4v) is 3.50. The van der Waals surface area contributed by atoms with Crippen molar-refractivity contribution in [2.24, 2.45) is 7.05 Å². The van der Waals surface area contributed by atoms with Crippen molar-refractivity contribution in [2.45, 2.75) is 24.8 Å². The molecule has 136 valence electrons. The molecule has 1 atom stereocenters. The molecule has 0 aliphatic heterocycles. The van der Waals surface area contributed by atoms with Gasteiger partial charge in [0.2, 0.25) is 10.0 Å². The summed E-state index contributed by atoms with van der Waals surface area (Å²) >= 11 is 0. The summed E-state index contributed by atoms with van der Waals surface area (Å²) in [4.78, 5) is 12.3. The van der Waals surface area contributed by atoms with Gasteiger partial charge in [0, 0.05) is 25.0 Å². The van der Waals surface area contributed by atoms with E-state index in [2.05, 4.69) is 10.0 Å². The van der Waals surface area contributed by atoms with Crippen LogP contribution in [0.15, 0.2) is 35.4 Å². The molecule has 3 N–H and O–H groups in total. The van der Waals surface area contributed by atoms with Gasteiger partial charge < -0.3 is 15.0 Å². The topological polar surface area (TPSA) is 100 Å². The minimum absolute atomic E-state index is 0.0873. The number of sulfonamides is 1. The molecule has 0 spiro atoms. The normalized spacial score (nSPS) is 12.8. The molecule has 2 rings (SSSR count). The number of nitrogens with zero attached hydrogens (tertiary/aromatic N) is 1. The average molecular weight is 369 g/mol. The van der Waals surface area contributed by atoms with Gasteiger partial charge in [-0.2, -0.15) is 0 Å². The third-order valence-electron chi connectivity index (χ3n) is 3.57. The summed E-state index contributed by atoms with van der Waals surface area (Å²) in [6.45, 7) is 2.75. The molecule has 1 unspecified atom stereocenters. The van der Waals surface area contributed by atoms with Crippen LogP contribution < -0.4 is 10.0 Å². The first-order valence-electron chi connectivity index (χ1n) is 7.51. The average Bonchev–Trinajstić information content (AvgIpc) is 2.93. The van der Waals surface area contributed by atoms with Crippen LogP contribution in [0.5, 0.6) is 0 Å². The van der Waals surface area contributed by atoms with E-state index >= 15 is 0 Å². The Morgan fingerprint density at radius 1 is 1.36 bits per heavy atom. The van der Waals surface area contributed by atoms with Gasteiger partial charge in [-0.15, -0.1) is 0 Å². The number of nitrogens with one attached hydrogen (secondary N) is 2. The highest BCUT2D eigenvalue weighted by atomic mass is 32.2. The Bertz CT molecular complexity index is 893. The number of hydrogen-bond donors (Lipinski definition) is 3. The molecule has 2 aromatic rings. The van der Waals surface area contributed by atoms with Gasteiger partial charge in [-0.3, -0.25) is 4.79 Å². The highest BCUT2D eigenvalue weighted by Gasteiger charge is 2.22. The molecule has 0 aliphatic carbocycles. The van der Waals surface area contributed by atoms with E-state index in [1.165, 1.54) is 42.0 Å². The lowest BCUT2D eigenvalue weighted by atomic mass is 10.2. The Hall–Kier alpha value is -2.23. The van der Waals surface area contributed by atoms with E-state index in [1.807, 2.05) is 0 Å². The van der Waals surface area contributed by atoms with Gasteiger partial charge in [0.05, 0.1) is 6.61 Å². The van der Waals surface area contributed by atoms with Crippen molar-refractivity contribution in [3.8, 4) is 0 Å². The molecule has 0 radical (unpaired) electrons. The fourth-order valence-electron chi connectivity index (χ4n) is 2.19. The standard InChI is InChI=1S/C16H20FN3O4S/c1-10-6-12(4-5-14(10)17)18-16(22)15-7-13(8-20(15)3)25(23,24)19-11(2)9-21/h4-8,11,19,21H,9H2,1-3H3,(H,18,22). The number of amides is 1. The number of halogens is 1. The number of aromatic nitrogens is 1. The molecule has 0 saturated carbocycles. The maximum Gasteiger partial charge on any atom is 0.272 e. The smallest absolute Gasteiger partial charge is 0.272 e. The van der Waals surface area contributed by atoms with Gasteiger partial charge in [-0.1, -0.05) is 0 Å². The van der Waals surface area contributed by atoms with E-state index in [-0.39, 0.29) is 23.0 Å². The lowest BCUT2D eigenvalue weighted by molar-refractivity contribution is 0.101. The molecule has 0 fully saturated rings. The second kappa shape index (κ2) is 7.34. The largest absolute Gasteiger partial charge is 0.395 e. The van der Waals surface area contributed by atoms with Crippen LogP contribution in [0.1, 0.15) is 23.0 Å². The van der Waals surface area contributed by atoms with Crippen molar-refractivity contribution < 1.29 is 22.7 Å². The molecule has 25 heavy (non-hydrogen) atoms. The molecule has 1 aromatic heterocycles. The number of rotatable bonds is 6. The Morgan fingerprint density at radius 3 is 2.64 bits per heavy atom. The van der Waals surface area contributed by atoms with Crippen LogP contribution in [0.2, 0.25) is 0 Å². The van der Waals surface area contributed by atoms with Crippen molar-refractivity contribution in [1.29, 1.82) is 0 Å². The summed E-state index contributed by atoms with van der Waals surface area (Å²) in [5, 5.41) is 11.6. The summed E-state index contributed by atoms with van der Waals surface area (Å²) in [6.07, 6.45) is 1.30. The van der Waals surface area contributed by atoms with Gasteiger partial charge >= 0.3 is 0 Å². The number of anilines is 1. The van der Waals surface area contributed by atoms with Gasteiger partial charge in [0.15, 0.2) is 0 Å². The van der Waals surface area contributed by atoms with Crippen molar-refractivity contribution in [2.75, 3.05) is 11.9 Å². The van der Waals surface area contributed by atoms with E-state index in [0.29, 0.717) is 11.3 Å². The van der Waals surface area contributed by atoms with Crippen LogP contribution in [-0.4, -0.2) is 36.6 Å². The van der Waals surface area contributed by atoms with Crippen molar-refractivity contribution in [3.05, 3.63) is 47.5 Å². The first-order valence-corrected chi connectivity index (χ1v) is 8.99. The Balaban J connectivity index is 2.24. The predicted octanol–water partition coefficient (Wildman–Crippen LogP) is 1.38. The Kier molecular flexibility index (Phi) is 5.61. The monoisotopic (exact) mass is 369 g/mol. The van der Waals surface area contributed by atoms with E-state index in [0.717, 1.165) is 0 Å². The number of carbonyl (C=O) groups excluding carboxylic acids is 1. The maximum absolute atomic E-state index is 13.3. The second-order valence-corrected chi connectivity index (χ2v) is 7.51. The number of aliphatic hydroxyl groups excluding tert-OH is 1. The molecule has 0 saturated heterocycles. The van der Waals surface area contributed by atoms with Gasteiger partial charge in [-0.25, -0.2) is 17.5 Å². The Morgan fingerprint density at radius 2 is 2.04 bits per heavy atom. The summed E-state index contributed by atoms with van der Waals surface area (Å²) in [6, 6.07) is 4.73. The summed E-state index contributed by atoms with van der Waals surface area (Å²) in [5.74, 6) is -0.903. The number of carbonyl (C=O) groups is 1. The van der Waals surface area contributed by atoms with Gasteiger partial charge in [0.25, 0.3) is 5.91 Å². The third kappa shape index (κ3) is 4.44. The predicted molar refractivity (Wildman–Crippen MR) is 91.4 cm³/mol. The zero-order chi connectivity index (χ0) is 18.8. The zero-order valence-electron chi connectivity index (χ0n) is 14.1. The van der Waals surface area contributed by atoms with Crippen molar-refractivity contribution >= 4 is 21.6 Å². The lowest BCUT2D eigenvalue weighted by Gasteiger charge is -2.09. The first-order chi connectivity index (χ1) is 11.6. The summed E-state index contributed by atoms with van der Waals surface area (Å²) in [5.41, 5.74) is 0.913. The van der Waals surface area contributed by atoms with E-state index in [9.17, 15) is 17.6 Å². The highest BCUT2D eigenvalue weighted by Crippen LogP contribution is 2.18. The van der Waals surface area contributed by atoms with Crippen molar-refractivity contribution in [1.82, 2.24) is 9.29 Å². The lowest BCUT2D eigenvalue weighted by Crippen LogP contribution is -2.34. The molecular weight excluding hydrogens is 349 g/mol. The first kappa shape index (κ1) is 19.1. The van der Waals surface area contributed by atoms with Crippen LogP contribution >= 0.6 is 0 Å². The zero-order valence-corrected chi connectivity index (χ0v) is 14.9. The number of hydrogen-bond acceptors (Lipinski definition) is 4. The number of aliphatic hydroxyl groups is 1. The van der Waals surface area contributed by atoms with Crippen LogP contribution in [-0.2, 0) is 17.1 Å². The fraction of sp³-hybridized carbons (Fsp3) is 0.312.